The Labute approximate surface area is 156 Å². The first-order valence-corrected chi connectivity index (χ1v) is 9.43. The molecule has 1 atom stereocenters. The Kier molecular flexibility index (Phi) is 7.45. The van der Waals surface area contributed by atoms with Crippen LogP contribution in [-0.4, -0.2) is 67.5 Å². The highest BCUT2D eigenvalue weighted by Crippen LogP contribution is 2.14. The molecule has 0 saturated carbocycles. The Hall–Kier alpha value is -2.08. The molecule has 1 aliphatic rings. The van der Waals surface area contributed by atoms with Gasteiger partial charge in [-0.3, -0.25) is 9.59 Å². The lowest BCUT2D eigenvalue weighted by Crippen LogP contribution is -2.52. The lowest BCUT2D eigenvalue weighted by atomic mass is 10.0. The first-order chi connectivity index (χ1) is 12.4. The number of ether oxygens (including phenoxy) is 1. The van der Waals surface area contributed by atoms with E-state index in [2.05, 4.69) is 17.3 Å². The highest BCUT2D eigenvalue weighted by atomic mass is 16.5. The summed E-state index contributed by atoms with van der Waals surface area (Å²) in [5, 5.41) is 2.93. The fraction of sp³-hybridized carbons (Fsp3) is 0.600. The van der Waals surface area contributed by atoms with Crippen LogP contribution >= 0.6 is 0 Å². The SMILES string of the molecule is CCOc1ccc(C(=O)N[C@@H](C(=O)N2CCCN(C)CC2)C(C)C)cc1. The zero-order valence-electron chi connectivity index (χ0n) is 16.3. The van der Waals surface area contributed by atoms with Crippen molar-refractivity contribution >= 4 is 11.8 Å². The number of carbonyl (C=O) groups excluding carboxylic acids is 2. The highest BCUT2D eigenvalue weighted by Gasteiger charge is 2.29. The van der Waals surface area contributed by atoms with Gasteiger partial charge in [-0.05, 0) is 57.1 Å². The van der Waals surface area contributed by atoms with Crippen LogP contribution in [0.5, 0.6) is 5.75 Å². The van der Waals surface area contributed by atoms with E-state index in [-0.39, 0.29) is 17.7 Å². The second-order valence-electron chi connectivity index (χ2n) is 7.13. The van der Waals surface area contributed by atoms with E-state index in [9.17, 15) is 9.59 Å². The lowest BCUT2D eigenvalue weighted by molar-refractivity contribution is -0.134. The highest BCUT2D eigenvalue weighted by molar-refractivity contribution is 5.97. The van der Waals surface area contributed by atoms with E-state index in [0.717, 1.165) is 31.8 Å². The van der Waals surface area contributed by atoms with Gasteiger partial charge < -0.3 is 19.9 Å². The van der Waals surface area contributed by atoms with Gasteiger partial charge in [0.1, 0.15) is 11.8 Å². The van der Waals surface area contributed by atoms with Crippen molar-refractivity contribution < 1.29 is 14.3 Å². The summed E-state index contributed by atoms with van der Waals surface area (Å²) in [5.41, 5.74) is 0.530. The topological polar surface area (TPSA) is 61.9 Å². The summed E-state index contributed by atoms with van der Waals surface area (Å²) in [6.07, 6.45) is 0.958. The summed E-state index contributed by atoms with van der Waals surface area (Å²) in [5.74, 6) is 0.533. The Morgan fingerprint density at radius 2 is 1.81 bits per heavy atom. The molecule has 144 valence electrons. The fourth-order valence-electron chi connectivity index (χ4n) is 3.07. The van der Waals surface area contributed by atoms with E-state index in [0.29, 0.717) is 18.7 Å². The summed E-state index contributed by atoms with van der Waals surface area (Å²) >= 11 is 0. The van der Waals surface area contributed by atoms with Crippen LogP contribution in [0, 0.1) is 5.92 Å². The molecular formula is C20H31N3O3. The van der Waals surface area contributed by atoms with Gasteiger partial charge in [0.2, 0.25) is 5.91 Å². The van der Waals surface area contributed by atoms with Gasteiger partial charge in [-0.25, -0.2) is 0 Å². The van der Waals surface area contributed by atoms with Crippen LogP contribution in [-0.2, 0) is 4.79 Å². The first-order valence-electron chi connectivity index (χ1n) is 9.43. The molecule has 1 aromatic rings. The molecule has 6 heteroatoms. The van der Waals surface area contributed by atoms with E-state index in [1.54, 1.807) is 24.3 Å². The van der Waals surface area contributed by atoms with Crippen LogP contribution in [0.15, 0.2) is 24.3 Å². The van der Waals surface area contributed by atoms with Crippen LogP contribution < -0.4 is 10.1 Å². The minimum Gasteiger partial charge on any atom is -0.494 e. The number of rotatable bonds is 6. The lowest BCUT2D eigenvalue weighted by Gasteiger charge is -2.29. The number of nitrogens with zero attached hydrogens (tertiary/aromatic N) is 2. The third-order valence-electron chi connectivity index (χ3n) is 4.68. The number of likely N-dealkylation sites (N-methyl/N-ethyl adjacent to an activating group) is 1. The van der Waals surface area contributed by atoms with Crippen LogP contribution in [0.1, 0.15) is 37.6 Å². The molecule has 6 nitrogen and oxygen atoms in total. The van der Waals surface area contributed by atoms with Crippen molar-refractivity contribution in [3.05, 3.63) is 29.8 Å². The van der Waals surface area contributed by atoms with Crippen molar-refractivity contribution in [1.82, 2.24) is 15.1 Å². The summed E-state index contributed by atoms with van der Waals surface area (Å²) in [7, 11) is 2.07. The van der Waals surface area contributed by atoms with Gasteiger partial charge in [-0.1, -0.05) is 13.8 Å². The van der Waals surface area contributed by atoms with Gasteiger partial charge >= 0.3 is 0 Å². The van der Waals surface area contributed by atoms with Gasteiger partial charge in [0, 0.05) is 25.2 Å². The molecule has 0 spiro atoms. The molecule has 1 aromatic carbocycles. The number of benzene rings is 1. The van der Waals surface area contributed by atoms with E-state index in [1.165, 1.54) is 0 Å². The number of hydrogen-bond acceptors (Lipinski definition) is 4. The minimum absolute atomic E-state index is 0.00888. The Bertz CT molecular complexity index is 601. The molecule has 0 bridgehead atoms. The monoisotopic (exact) mass is 361 g/mol. The summed E-state index contributed by atoms with van der Waals surface area (Å²) < 4.78 is 5.40. The Morgan fingerprint density at radius 3 is 2.42 bits per heavy atom. The van der Waals surface area contributed by atoms with E-state index in [4.69, 9.17) is 4.74 Å². The fourth-order valence-corrected chi connectivity index (χ4v) is 3.07. The van der Waals surface area contributed by atoms with Crippen LogP contribution in [0.3, 0.4) is 0 Å². The molecule has 0 radical (unpaired) electrons. The van der Waals surface area contributed by atoms with Crippen molar-refractivity contribution in [3.8, 4) is 5.75 Å². The van der Waals surface area contributed by atoms with Gasteiger partial charge in [-0.2, -0.15) is 0 Å². The van der Waals surface area contributed by atoms with Gasteiger partial charge in [-0.15, -0.1) is 0 Å². The van der Waals surface area contributed by atoms with Crippen molar-refractivity contribution in [1.29, 1.82) is 0 Å². The van der Waals surface area contributed by atoms with Crippen molar-refractivity contribution in [2.24, 2.45) is 5.92 Å². The largest absolute Gasteiger partial charge is 0.494 e. The minimum atomic E-state index is -0.516. The summed E-state index contributed by atoms with van der Waals surface area (Å²) in [6, 6.07) is 6.48. The van der Waals surface area contributed by atoms with Crippen molar-refractivity contribution in [2.45, 2.75) is 33.2 Å². The summed E-state index contributed by atoms with van der Waals surface area (Å²) in [6.45, 7) is 9.73. The second-order valence-corrected chi connectivity index (χ2v) is 7.13. The van der Waals surface area contributed by atoms with E-state index < -0.39 is 6.04 Å². The maximum absolute atomic E-state index is 13.0. The first kappa shape index (κ1) is 20.2. The average molecular weight is 361 g/mol. The predicted octanol–water partition coefficient (Wildman–Crippen LogP) is 2.00. The quantitative estimate of drug-likeness (QED) is 0.842. The Balaban J connectivity index is 2.04. The zero-order chi connectivity index (χ0) is 19.1. The predicted molar refractivity (Wildman–Crippen MR) is 102 cm³/mol. The summed E-state index contributed by atoms with van der Waals surface area (Å²) in [4.78, 5) is 29.7. The standard InChI is InChI=1S/C20H31N3O3/c1-5-26-17-9-7-16(8-10-17)19(24)21-18(15(2)3)20(25)23-12-6-11-22(4)13-14-23/h7-10,15,18H,5-6,11-14H2,1-4H3,(H,21,24)/t18-/m1/s1. The molecule has 1 saturated heterocycles. The van der Waals surface area contributed by atoms with Gasteiger partial charge in [0.05, 0.1) is 6.61 Å². The van der Waals surface area contributed by atoms with Crippen LogP contribution in [0.4, 0.5) is 0 Å². The molecule has 2 amide bonds. The third-order valence-corrected chi connectivity index (χ3v) is 4.68. The molecule has 1 heterocycles. The molecule has 1 fully saturated rings. The number of carbonyl (C=O) groups is 2. The van der Waals surface area contributed by atoms with Crippen molar-refractivity contribution in [2.75, 3.05) is 39.8 Å². The molecular weight excluding hydrogens is 330 g/mol. The smallest absolute Gasteiger partial charge is 0.251 e. The van der Waals surface area contributed by atoms with E-state index >= 15 is 0 Å². The Morgan fingerprint density at radius 1 is 1.12 bits per heavy atom. The zero-order valence-corrected chi connectivity index (χ0v) is 16.3. The molecule has 2 rings (SSSR count). The van der Waals surface area contributed by atoms with Crippen molar-refractivity contribution in [3.63, 3.8) is 0 Å². The maximum atomic E-state index is 13.0. The van der Waals surface area contributed by atoms with E-state index in [1.807, 2.05) is 25.7 Å². The average Bonchev–Trinajstić information content (AvgIpc) is 2.84. The number of hydrogen-bond donors (Lipinski definition) is 1. The number of amides is 2. The normalized spacial score (nSPS) is 16.9. The third kappa shape index (κ3) is 5.46. The molecule has 1 N–H and O–H groups in total. The van der Waals surface area contributed by atoms with Crippen LogP contribution in [0.25, 0.3) is 0 Å². The molecule has 0 aromatic heterocycles. The molecule has 26 heavy (non-hydrogen) atoms. The second kappa shape index (κ2) is 9.57. The number of nitrogens with one attached hydrogen (secondary N) is 1. The van der Waals surface area contributed by atoms with Gasteiger partial charge in [0.25, 0.3) is 5.91 Å². The van der Waals surface area contributed by atoms with Gasteiger partial charge in [0.15, 0.2) is 0 Å². The molecule has 1 aliphatic heterocycles. The molecule has 0 unspecified atom stereocenters. The molecule has 0 aliphatic carbocycles. The maximum Gasteiger partial charge on any atom is 0.251 e. The van der Waals surface area contributed by atoms with Crippen LogP contribution in [0.2, 0.25) is 0 Å².